The molecular weight excluding hydrogens is 641 g/mol. The van der Waals surface area contributed by atoms with Crippen LogP contribution in [0.25, 0.3) is 32.8 Å². The molecule has 3 aromatic carbocycles. The van der Waals surface area contributed by atoms with Crippen LogP contribution in [0, 0.1) is 5.82 Å². The fourth-order valence-electron chi connectivity index (χ4n) is 7.11. The van der Waals surface area contributed by atoms with Crippen LogP contribution in [-0.2, 0) is 37.6 Å². The zero-order chi connectivity index (χ0) is 33.9. The Morgan fingerprint density at radius 1 is 1.04 bits per heavy atom. The van der Waals surface area contributed by atoms with Crippen molar-refractivity contribution in [2.75, 3.05) is 32.8 Å². The topological polar surface area (TPSA) is 61.5 Å². The van der Waals surface area contributed by atoms with E-state index in [9.17, 15) is 18.0 Å². The molecule has 0 radical (unpaired) electrons. The maximum atomic E-state index is 13.8. The molecule has 0 N–H and O–H groups in total. The highest BCUT2D eigenvalue weighted by Gasteiger charge is 2.30. The van der Waals surface area contributed by atoms with Crippen LogP contribution in [0.1, 0.15) is 54.1 Å². The molecule has 0 amide bonds. The monoisotopic (exact) mass is 680 g/mol. The summed E-state index contributed by atoms with van der Waals surface area (Å²) in [4.78, 5) is 15.6. The van der Waals surface area contributed by atoms with Gasteiger partial charge in [0.15, 0.2) is 0 Å². The molecule has 11 heteroatoms. The van der Waals surface area contributed by atoms with E-state index in [1.807, 2.05) is 46.6 Å². The Kier molecular flexibility index (Phi) is 10.3. The number of ether oxygens (including phenoxy) is 2. The fraction of sp³-hybridized carbons (Fsp3) is 0.405. The van der Waals surface area contributed by atoms with Crippen molar-refractivity contribution in [3.8, 4) is 16.9 Å². The van der Waals surface area contributed by atoms with Gasteiger partial charge in [0, 0.05) is 47.7 Å². The summed E-state index contributed by atoms with van der Waals surface area (Å²) in [6.45, 7) is 5.09. The van der Waals surface area contributed by atoms with E-state index < -0.39 is 12.4 Å². The second-order valence-electron chi connectivity index (χ2n) is 12.1. The first-order chi connectivity index (χ1) is 23.2. The number of aryl methyl sites for hydroxylation is 3. The molecule has 6 rings (SSSR count). The molecule has 48 heavy (non-hydrogen) atoms. The van der Waals surface area contributed by atoms with Crippen molar-refractivity contribution in [3.05, 3.63) is 82.0 Å². The number of fused-ring (bicyclic) bond motifs is 3. The summed E-state index contributed by atoms with van der Waals surface area (Å²) in [6.07, 6.45) is 0.533. The standard InChI is InChI=1S/C37H40ClF3N4O3/c1-4-30-34-29(42-43(30)3)11-7-17-44(22-32(40)41)18-19-45-35-27(15-16-28(38)33(34)35)26(36(45)37(46)47-5-2)10-8-20-48-31-12-6-9-23-21-24(39)13-14-25(23)31/h6,9,12-16,21,32H,4-5,7-8,10-11,17-20,22H2,1-3H3. The van der Waals surface area contributed by atoms with Gasteiger partial charge in [-0.1, -0.05) is 36.7 Å². The molecule has 0 unspecified atom stereocenters. The highest BCUT2D eigenvalue weighted by molar-refractivity contribution is 6.35. The number of hydrogen-bond acceptors (Lipinski definition) is 5. The lowest BCUT2D eigenvalue weighted by atomic mass is 9.96. The van der Waals surface area contributed by atoms with Crippen LogP contribution in [0.3, 0.4) is 0 Å². The zero-order valence-electron chi connectivity index (χ0n) is 27.5. The summed E-state index contributed by atoms with van der Waals surface area (Å²) >= 11 is 7.07. The summed E-state index contributed by atoms with van der Waals surface area (Å²) in [6, 6.07) is 13.9. The third-order valence-corrected chi connectivity index (χ3v) is 9.44. The minimum absolute atomic E-state index is 0.183. The van der Waals surface area contributed by atoms with Crippen LogP contribution in [0.2, 0.25) is 5.02 Å². The first-order valence-electron chi connectivity index (χ1n) is 16.6. The van der Waals surface area contributed by atoms with Crippen molar-refractivity contribution in [2.45, 2.75) is 58.9 Å². The highest BCUT2D eigenvalue weighted by atomic mass is 35.5. The predicted molar refractivity (Wildman–Crippen MR) is 183 cm³/mol. The number of benzene rings is 3. The van der Waals surface area contributed by atoms with Crippen LogP contribution in [0.4, 0.5) is 13.2 Å². The molecule has 0 bridgehead atoms. The smallest absolute Gasteiger partial charge is 0.355 e. The molecule has 0 aliphatic carbocycles. The first kappa shape index (κ1) is 33.9. The summed E-state index contributed by atoms with van der Waals surface area (Å²) in [5.74, 6) is -0.130. The van der Waals surface area contributed by atoms with Crippen molar-refractivity contribution in [1.29, 1.82) is 0 Å². The van der Waals surface area contributed by atoms with Gasteiger partial charge in [-0.15, -0.1) is 0 Å². The minimum atomic E-state index is -2.49. The lowest BCUT2D eigenvalue weighted by Gasteiger charge is -2.23. The largest absolute Gasteiger partial charge is 0.493 e. The fourth-order valence-corrected chi connectivity index (χ4v) is 7.36. The van der Waals surface area contributed by atoms with Crippen molar-refractivity contribution in [1.82, 2.24) is 19.2 Å². The minimum Gasteiger partial charge on any atom is -0.493 e. The Bertz CT molecular complexity index is 1950. The van der Waals surface area contributed by atoms with E-state index in [1.54, 1.807) is 17.9 Å². The molecule has 3 heterocycles. The van der Waals surface area contributed by atoms with Gasteiger partial charge in [-0.05, 0) is 86.9 Å². The molecule has 0 saturated carbocycles. The van der Waals surface area contributed by atoms with Gasteiger partial charge in [0.2, 0.25) is 0 Å². The van der Waals surface area contributed by atoms with E-state index in [0.717, 1.165) is 49.8 Å². The van der Waals surface area contributed by atoms with Gasteiger partial charge in [-0.2, -0.15) is 5.10 Å². The molecule has 1 aliphatic heterocycles. The number of alkyl halides is 2. The highest BCUT2D eigenvalue weighted by Crippen LogP contribution is 2.43. The average molecular weight is 681 g/mol. The van der Waals surface area contributed by atoms with E-state index in [-0.39, 0.29) is 19.0 Å². The zero-order valence-corrected chi connectivity index (χ0v) is 28.3. The van der Waals surface area contributed by atoms with Crippen molar-refractivity contribution >= 4 is 39.2 Å². The number of halogens is 4. The number of carbonyl (C=O) groups is 1. The third kappa shape index (κ3) is 6.65. The van der Waals surface area contributed by atoms with E-state index >= 15 is 0 Å². The molecule has 0 fully saturated rings. The van der Waals surface area contributed by atoms with Gasteiger partial charge in [-0.25, -0.2) is 18.0 Å². The van der Waals surface area contributed by atoms with Gasteiger partial charge in [0.25, 0.3) is 6.43 Å². The molecule has 0 atom stereocenters. The van der Waals surface area contributed by atoms with E-state index in [4.69, 9.17) is 26.2 Å². The lowest BCUT2D eigenvalue weighted by Crippen LogP contribution is -2.33. The van der Waals surface area contributed by atoms with E-state index in [2.05, 4.69) is 6.92 Å². The second-order valence-corrected chi connectivity index (χ2v) is 12.5. The number of rotatable bonds is 10. The van der Waals surface area contributed by atoms with Gasteiger partial charge < -0.3 is 14.0 Å². The van der Waals surface area contributed by atoms with Crippen LogP contribution in [-0.4, -0.2) is 64.5 Å². The number of aromatic nitrogens is 3. The summed E-state index contributed by atoms with van der Waals surface area (Å²) < 4.78 is 56.9. The summed E-state index contributed by atoms with van der Waals surface area (Å²) in [7, 11) is 1.91. The normalized spacial score (nSPS) is 14.0. The maximum Gasteiger partial charge on any atom is 0.355 e. The molecule has 254 valence electrons. The molecular formula is C37H40ClF3N4O3. The molecule has 7 nitrogen and oxygen atoms in total. The van der Waals surface area contributed by atoms with Crippen molar-refractivity contribution in [3.63, 3.8) is 0 Å². The van der Waals surface area contributed by atoms with Gasteiger partial charge >= 0.3 is 5.97 Å². The molecule has 0 saturated heterocycles. The number of carbonyl (C=O) groups excluding carboxylic acids is 1. The Morgan fingerprint density at radius 3 is 2.62 bits per heavy atom. The Morgan fingerprint density at radius 2 is 1.85 bits per heavy atom. The predicted octanol–water partition coefficient (Wildman–Crippen LogP) is 8.25. The average Bonchev–Trinajstić information content (AvgIpc) is 3.53. The number of nitrogens with zero attached hydrogens (tertiary/aromatic N) is 4. The van der Waals surface area contributed by atoms with Gasteiger partial charge in [-0.3, -0.25) is 9.58 Å². The van der Waals surface area contributed by atoms with Gasteiger partial charge in [0.1, 0.15) is 17.3 Å². The van der Waals surface area contributed by atoms with Crippen molar-refractivity contribution < 1.29 is 27.4 Å². The van der Waals surface area contributed by atoms with Crippen LogP contribution < -0.4 is 4.74 Å². The van der Waals surface area contributed by atoms with Crippen molar-refractivity contribution in [2.24, 2.45) is 7.05 Å². The Labute approximate surface area is 283 Å². The molecule has 2 aromatic heterocycles. The Hall–Kier alpha value is -4.02. The second kappa shape index (κ2) is 14.6. The maximum absolute atomic E-state index is 13.8. The van der Waals surface area contributed by atoms with E-state index in [0.29, 0.717) is 74.8 Å². The number of esters is 1. The van der Waals surface area contributed by atoms with E-state index in [1.165, 1.54) is 12.1 Å². The van der Waals surface area contributed by atoms with Crippen LogP contribution in [0.5, 0.6) is 5.75 Å². The summed E-state index contributed by atoms with van der Waals surface area (Å²) in [5.41, 5.74) is 5.58. The van der Waals surface area contributed by atoms with Crippen LogP contribution >= 0.6 is 11.6 Å². The quantitative estimate of drug-likeness (QED) is 0.110. The SMILES string of the molecule is CCOC(=O)c1c(CCCOc2cccc3cc(F)ccc23)c2ccc(Cl)c3c2n1CCN(CC(F)F)CCCc1nn(C)c(CC)c1-3. The van der Waals surface area contributed by atoms with Gasteiger partial charge in [0.05, 0.1) is 36.0 Å². The third-order valence-electron chi connectivity index (χ3n) is 9.13. The molecule has 1 aliphatic rings. The Balaban J connectivity index is 1.47. The molecule has 0 spiro atoms. The first-order valence-corrected chi connectivity index (χ1v) is 17.0. The summed E-state index contributed by atoms with van der Waals surface area (Å²) in [5, 5.41) is 7.83. The number of hydrogen-bond donors (Lipinski definition) is 0. The molecule has 5 aromatic rings. The lowest BCUT2D eigenvalue weighted by molar-refractivity contribution is 0.0509. The van der Waals surface area contributed by atoms with Crippen LogP contribution in [0.15, 0.2) is 48.5 Å².